The highest BCUT2D eigenvalue weighted by molar-refractivity contribution is 7.89. The van der Waals surface area contributed by atoms with Crippen molar-refractivity contribution >= 4 is 32.0 Å². The molecule has 3 fully saturated rings. The van der Waals surface area contributed by atoms with Crippen LogP contribution in [0.3, 0.4) is 0 Å². The van der Waals surface area contributed by atoms with Crippen LogP contribution >= 0.6 is 0 Å². The van der Waals surface area contributed by atoms with Gasteiger partial charge in [0.1, 0.15) is 0 Å². The smallest absolute Gasteiger partial charge is 0.407 e. The molecule has 35 heavy (non-hydrogen) atoms. The van der Waals surface area contributed by atoms with Gasteiger partial charge in [-0.3, -0.25) is 4.79 Å². The highest BCUT2D eigenvalue weighted by atomic mass is 32.2. The molecule has 1 spiro atoms. The second kappa shape index (κ2) is 9.34. The van der Waals surface area contributed by atoms with E-state index in [1.54, 1.807) is 18.7 Å². The molecule has 1 unspecified atom stereocenters. The largest absolute Gasteiger partial charge is 0.465 e. The lowest BCUT2D eigenvalue weighted by Crippen LogP contribution is -2.79. The van der Waals surface area contributed by atoms with Gasteiger partial charge in [-0.15, -0.1) is 0 Å². The topological polar surface area (TPSA) is 136 Å². The average Bonchev–Trinajstić information content (AvgIpc) is 2.78. The Morgan fingerprint density at radius 3 is 2.14 bits per heavy atom. The molecule has 1 aromatic rings. The summed E-state index contributed by atoms with van der Waals surface area (Å²) in [5.74, 6) is -0.612. The Bertz CT molecular complexity index is 1190. The molecule has 0 aromatic heterocycles. The van der Waals surface area contributed by atoms with Gasteiger partial charge in [0.2, 0.25) is 26.0 Å². The molecule has 3 aliphatic heterocycles. The number of amides is 2. The molecule has 13 heteroatoms. The molecule has 0 bridgehead atoms. The molecule has 11 nitrogen and oxygen atoms in total. The first-order valence-corrected chi connectivity index (χ1v) is 14.7. The molecule has 0 saturated carbocycles. The van der Waals surface area contributed by atoms with Crippen molar-refractivity contribution in [2.24, 2.45) is 5.92 Å². The van der Waals surface area contributed by atoms with Crippen LogP contribution in [0.15, 0.2) is 34.1 Å². The Morgan fingerprint density at radius 2 is 1.63 bits per heavy atom. The van der Waals surface area contributed by atoms with Crippen molar-refractivity contribution in [1.82, 2.24) is 18.4 Å². The van der Waals surface area contributed by atoms with Crippen LogP contribution < -0.4 is 0 Å². The number of piperidine rings is 1. The molecular weight excluding hydrogens is 496 g/mol. The lowest BCUT2D eigenvalue weighted by Gasteiger charge is -2.62. The second-order valence-electron chi connectivity index (χ2n) is 9.37. The van der Waals surface area contributed by atoms with Crippen LogP contribution in [0.25, 0.3) is 0 Å². The predicted molar refractivity (Wildman–Crippen MR) is 127 cm³/mol. The van der Waals surface area contributed by atoms with Gasteiger partial charge >= 0.3 is 6.09 Å². The highest BCUT2D eigenvalue weighted by Crippen LogP contribution is 2.41. The van der Waals surface area contributed by atoms with Crippen molar-refractivity contribution in [2.75, 3.05) is 45.8 Å². The third-order valence-corrected chi connectivity index (χ3v) is 11.4. The van der Waals surface area contributed by atoms with E-state index in [0.717, 1.165) is 6.42 Å². The van der Waals surface area contributed by atoms with Crippen LogP contribution in [-0.4, -0.2) is 104 Å². The second-order valence-corrected chi connectivity index (χ2v) is 13.2. The fourth-order valence-electron chi connectivity index (χ4n) is 5.24. The monoisotopic (exact) mass is 528 g/mol. The average molecular weight is 529 g/mol. The third-order valence-electron chi connectivity index (χ3n) is 7.42. The van der Waals surface area contributed by atoms with E-state index in [-0.39, 0.29) is 28.8 Å². The summed E-state index contributed by atoms with van der Waals surface area (Å²) < 4.78 is 54.6. The summed E-state index contributed by atoms with van der Waals surface area (Å²) in [5.41, 5.74) is -0.442. The lowest BCUT2D eigenvalue weighted by molar-refractivity contribution is -0.168. The van der Waals surface area contributed by atoms with Gasteiger partial charge in [-0.1, -0.05) is 13.8 Å². The zero-order valence-corrected chi connectivity index (χ0v) is 21.6. The molecule has 0 radical (unpaired) electrons. The molecule has 3 aliphatic rings. The van der Waals surface area contributed by atoms with Crippen LogP contribution in [0.5, 0.6) is 0 Å². The summed E-state index contributed by atoms with van der Waals surface area (Å²) in [7, 11) is -7.61. The fraction of sp³-hybridized carbons (Fsp3) is 0.636. The number of hydrogen-bond acceptors (Lipinski definition) is 6. The molecule has 194 valence electrons. The van der Waals surface area contributed by atoms with Gasteiger partial charge in [-0.05, 0) is 43.5 Å². The highest BCUT2D eigenvalue weighted by Gasteiger charge is 2.57. The fourth-order valence-corrected chi connectivity index (χ4v) is 8.22. The number of rotatable bonds is 7. The van der Waals surface area contributed by atoms with Gasteiger partial charge in [0.15, 0.2) is 0 Å². The maximum absolute atomic E-state index is 13.3. The molecule has 1 atom stereocenters. The molecule has 3 saturated heterocycles. The number of nitrogens with zero attached hydrogens (tertiary/aromatic N) is 4. The SMILES string of the molecule is CCN(CC)S(=O)(=O)c1ccc(S(=O)(=O)N2CCCC(C(=O)N3CCC34CN(C(=O)O)C4)C2)cc1. The number of hydrogen-bond donors (Lipinski definition) is 1. The minimum absolute atomic E-state index is 0.0133. The Morgan fingerprint density at radius 1 is 1.03 bits per heavy atom. The summed E-state index contributed by atoms with van der Waals surface area (Å²) in [4.78, 5) is 27.4. The van der Waals surface area contributed by atoms with Gasteiger partial charge in [-0.25, -0.2) is 21.6 Å². The molecular formula is C22H32N4O7S2. The minimum Gasteiger partial charge on any atom is -0.465 e. The minimum atomic E-state index is -3.91. The van der Waals surface area contributed by atoms with Crippen LogP contribution in [0.4, 0.5) is 4.79 Å². The zero-order chi connectivity index (χ0) is 25.6. The molecule has 2 amide bonds. The molecule has 0 aliphatic carbocycles. The van der Waals surface area contributed by atoms with E-state index in [4.69, 9.17) is 5.11 Å². The van der Waals surface area contributed by atoms with E-state index in [9.17, 15) is 26.4 Å². The number of carbonyl (C=O) groups is 2. The van der Waals surface area contributed by atoms with Crippen molar-refractivity contribution in [3.05, 3.63) is 24.3 Å². The normalized spacial score (nSPS) is 22.7. The molecule has 4 rings (SSSR count). The summed E-state index contributed by atoms with van der Waals surface area (Å²) in [6.45, 7) is 5.59. The van der Waals surface area contributed by atoms with E-state index < -0.39 is 37.6 Å². The van der Waals surface area contributed by atoms with Crippen LogP contribution in [0, 0.1) is 5.92 Å². The van der Waals surface area contributed by atoms with Crippen molar-refractivity contribution in [3.63, 3.8) is 0 Å². The Balaban J connectivity index is 1.46. The van der Waals surface area contributed by atoms with Gasteiger partial charge in [0.25, 0.3) is 0 Å². The maximum Gasteiger partial charge on any atom is 0.407 e. The van der Waals surface area contributed by atoms with Crippen LogP contribution in [-0.2, 0) is 24.8 Å². The number of sulfonamides is 2. The first-order valence-electron chi connectivity index (χ1n) is 11.9. The summed E-state index contributed by atoms with van der Waals surface area (Å²) >= 11 is 0. The number of carboxylic acid groups (broad SMARTS) is 1. The van der Waals surface area contributed by atoms with Crippen LogP contribution in [0.2, 0.25) is 0 Å². The quantitative estimate of drug-likeness (QED) is 0.559. The third kappa shape index (κ3) is 4.43. The van der Waals surface area contributed by atoms with Gasteiger partial charge in [0.05, 0.1) is 21.2 Å². The van der Waals surface area contributed by atoms with E-state index in [2.05, 4.69) is 0 Å². The standard InChI is InChI=1S/C22H32N4O7S2/c1-3-24(4-2)34(30,31)18-7-9-19(10-8-18)35(32,33)25-12-5-6-17(14-25)20(27)26-13-11-22(26)15-23(16-22)21(28)29/h7-10,17H,3-6,11-16H2,1-2H3,(H,28,29). The number of likely N-dealkylation sites (tertiary alicyclic amines) is 2. The van der Waals surface area contributed by atoms with Gasteiger partial charge in [-0.2, -0.15) is 8.61 Å². The number of benzene rings is 1. The van der Waals surface area contributed by atoms with Gasteiger partial charge < -0.3 is 14.9 Å². The predicted octanol–water partition coefficient (Wildman–Crippen LogP) is 1.08. The van der Waals surface area contributed by atoms with Crippen molar-refractivity contribution in [3.8, 4) is 0 Å². The van der Waals surface area contributed by atoms with Gasteiger partial charge in [0, 0.05) is 45.8 Å². The van der Waals surface area contributed by atoms with E-state index >= 15 is 0 Å². The summed E-state index contributed by atoms with van der Waals surface area (Å²) in [5, 5.41) is 9.12. The number of carbonyl (C=O) groups excluding carboxylic acids is 1. The Labute approximate surface area is 206 Å². The van der Waals surface area contributed by atoms with Crippen molar-refractivity contribution < 1.29 is 31.5 Å². The zero-order valence-electron chi connectivity index (χ0n) is 20.0. The van der Waals surface area contributed by atoms with Crippen molar-refractivity contribution in [1.29, 1.82) is 0 Å². The van der Waals surface area contributed by atoms with E-state index in [1.165, 1.54) is 37.8 Å². The summed E-state index contributed by atoms with van der Waals surface area (Å²) in [6.07, 6.45) is 0.855. The molecule has 1 N–H and O–H groups in total. The summed E-state index contributed by atoms with van der Waals surface area (Å²) in [6, 6.07) is 5.22. The molecule has 1 aromatic carbocycles. The lowest BCUT2D eigenvalue weighted by atomic mass is 9.76. The molecule has 3 heterocycles. The van der Waals surface area contributed by atoms with E-state index in [0.29, 0.717) is 45.6 Å². The van der Waals surface area contributed by atoms with Crippen LogP contribution in [0.1, 0.15) is 33.1 Å². The Hall–Kier alpha value is -2.22. The van der Waals surface area contributed by atoms with Crippen molar-refractivity contribution in [2.45, 2.75) is 48.4 Å². The Kier molecular flexibility index (Phi) is 6.90. The first-order chi connectivity index (χ1) is 16.5. The maximum atomic E-state index is 13.3. The van der Waals surface area contributed by atoms with E-state index in [1.807, 2.05) is 0 Å². The first kappa shape index (κ1) is 25.9.